The largest absolute Gasteiger partial charge is 0.481 e. The summed E-state index contributed by atoms with van der Waals surface area (Å²) in [5.41, 5.74) is 4.88. The highest BCUT2D eigenvalue weighted by Crippen LogP contribution is 2.04. The molecule has 68 valence electrons. The van der Waals surface area contributed by atoms with Crippen LogP contribution in [0.5, 0.6) is 0 Å². The lowest BCUT2D eigenvalue weighted by molar-refractivity contribution is -0.151. The number of rotatable bonds is 5. The topological polar surface area (TPSA) is 118 Å². The van der Waals surface area contributed by atoms with Crippen molar-refractivity contribution >= 4 is 17.7 Å². The van der Waals surface area contributed by atoms with Gasteiger partial charge >= 0.3 is 11.9 Å². The molecule has 0 aromatic rings. The number of carbonyl (C=O) groups excluding carboxylic acids is 1. The molecule has 4 N–H and O–H groups in total. The number of Topliss-reactive ketones (excluding diaryl/α,β-unsaturated/α-hetero) is 1. The molecule has 0 fully saturated rings. The molecule has 1 unspecified atom stereocenters. The minimum Gasteiger partial charge on any atom is -0.481 e. The number of aliphatic carboxylic acids is 2. The van der Waals surface area contributed by atoms with E-state index < -0.39 is 36.6 Å². The standard InChI is InChI=1S/C6H9NO5/c7-2-4(8)3(6(11)12)1-5(9)10/h3H,1-2,7H2,(H,9,10)(H,11,12). The molecule has 12 heavy (non-hydrogen) atoms. The number of hydrogen-bond donors (Lipinski definition) is 3. The zero-order chi connectivity index (χ0) is 9.72. The third-order valence-electron chi connectivity index (χ3n) is 1.27. The summed E-state index contributed by atoms with van der Waals surface area (Å²) >= 11 is 0. The van der Waals surface area contributed by atoms with E-state index in [4.69, 9.17) is 15.9 Å². The third kappa shape index (κ3) is 3.11. The molecule has 0 amide bonds. The zero-order valence-corrected chi connectivity index (χ0v) is 6.19. The monoisotopic (exact) mass is 175 g/mol. The number of hydrogen-bond acceptors (Lipinski definition) is 4. The summed E-state index contributed by atoms with van der Waals surface area (Å²) in [6.45, 7) is -0.454. The van der Waals surface area contributed by atoms with E-state index in [1.807, 2.05) is 0 Å². The minimum absolute atomic E-state index is 0.454. The second kappa shape index (κ2) is 4.45. The van der Waals surface area contributed by atoms with Crippen molar-refractivity contribution < 1.29 is 24.6 Å². The van der Waals surface area contributed by atoms with E-state index in [0.29, 0.717) is 0 Å². The lowest BCUT2D eigenvalue weighted by atomic mass is 10.0. The lowest BCUT2D eigenvalue weighted by Gasteiger charge is -2.05. The maximum atomic E-state index is 10.7. The van der Waals surface area contributed by atoms with Crippen LogP contribution in [-0.2, 0) is 14.4 Å². The molecule has 0 aromatic carbocycles. The Morgan fingerprint density at radius 3 is 2.00 bits per heavy atom. The van der Waals surface area contributed by atoms with E-state index in [9.17, 15) is 14.4 Å². The Balaban J connectivity index is 4.33. The number of ketones is 1. The minimum atomic E-state index is -1.52. The fraction of sp³-hybridized carbons (Fsp3) is 0.500. The fourth-order valence-electron chi connectivity index (χ4n) is 0.656. The molecule has 0 spiro atoms. The van der Waals surface area contributed by atoms with Crippen LogP contribution in [0.4, 0.5) is 0 Å². The van der Waals surface area contributed by atoms with Gasteiger partial charge in [0.2, 0.25) is 0 Å². The molecular weight excluding hydrogens is 166 g/mol. The lowest BCUT2D eigenvalue weighted by Crippen LogP contribution is -2.31. The first-order valence-corrected chi connectivity index (χ1v) is 3.16. The first-order valence-electron chi connectivity index (χ1n) is 3.16. The second-order valence-corrected chi connectivity index (χ2v) is 2.16. The van der Waals surface area contributed by atoms with Crippen LogP contribution in [0.15, 0.2) is 0 Å². The van der Waals surface area contributed by atoms with E-state index in [1.165, 1.54) is 0 Å². The quantitative estimate of drug-likeness (QED) is 0.446. The Morgan fingerprint density at radius 1 is 1.25 bits per heavy atom. The van der Waals surface area contributed by atoms with E-state index in [0.717, 1.165) is 0 Å². The van der Waals surface area contributed by atoms with E-state index in [1.54, 1.807) is 0 Å². The average molecular weight is 175 g/mol. The van der Waals surface area contributed by atoms with Crippen LogP contribution in [0.1, 0.15) is 6.42 Å². The summed E-state index contributed by atoms with van der Waals surface area (Å²) in [6.07, 6.45) is -0.717. The zero-order valence-electron chi connectivity index (χ0n) is 6.19. The molecule has 0 saturated heterocycles. The van der Waals surface area contributed by atoms with Crippen molar-refractivity contribution in [1.82, 2.24) is 0 Å². The van der Waals surface area contributed by atoms with Gasteiger partial charge in [0, 0.05) is 0 Å². The van der Waals surface area contributed by atoms with Crippen LogP contribution in [0.25, 0.3) is 0 Å². The Hall–Kier alpha value is -1.43. The Kier molecular flexibility index (Phi) is 3.92. The predicted molar refractivity (Wildman–Crippen MR) is 37.4 cm³/mol. The molecule has 1 atom stereocenters. The highest BCUT2D eigenvalue weighted by molar-refractivity contribution is 6.01. The van der Waals surface area contributed by atoms with Crippen LogP contribution in [0, 0.1) is 5.92 Å². The van der Waals surface area contributed by atoms with Gasteiger partial charge in [-0.15, -0.1) is 0 Å². The maximum absolute atomic E-state index is 10.7. The molecule has 0 aliphatic rings. The van der Waals surface area contributed by atoms with Gasteiger partial charge in [-0.2, -0.15) is 0 Å². The smallest absolute Gasteiger partial charge is 0.314 e. The van der Waals surface area contributed by atoms with Gasteiger partial charge in [-0.05, 0) is 0 Å². The van der Waals surface area contributed by atoms with Crippen molar-refractivity contribution in [3.63, 3.8) is 0 Å². The summed E-state index contributed by atoms with van der Waals surface area (Å²) in [5.74, 6) is -5.07. The van der Waals surface area contributed by atoms with Gasteiger partial charge in [-0.3, -0.25) is 14.4 Å². The SMILES string of the molecule is NCC(=O)C(CC(=O)O)C(=O)O. The van der Waals surface area contributed by atoms with Gasteiger partial charge < -0.3 is 15.9 Å². The number of carbonyl (C=O) groups is 3. The third-order valence-corrected chi connectivity index (χ3v) is 1.27. The van der Waals surface area contributed by atoms with Gasteiger partial charge in [0.25, 0.3) is 0 Å². The van der Waals surface area contributed by atoms with Gasteiger partial charge in [0.15, 0.2) is 5.78 Å². The number of nitrogens with two attached hydrogens (primary N) is 1. The summed E-state index contributed by atoms with van der Waals surface area (Å²) in [5, 5.41) is 16.6. The Morgan fingerprint density at radius 2 is 1.75 bits per heavy atom. The Labute approximate surface area is 68.0 Å². The van der Waals surface area contributed by atoms with E-state index in [-0.39, 0.29) is 0 Å². The molecule has 0 rings (SSSR count). The summed E-state index contributed by atoms with van der Waals surface area (Å²) in [4.78, 5) is 31.1. The highest BCUT2D eigenvalue weighted by Gasteiger charge is 2.27. The molecule has 0 aliphatic heterocycles. The van der Waals surface area contributed by atoms with Crippen LogP contribution >= 0.6 is 0 Å². The van der Waals surface area contributed by atoms with Crippen LogP contribution in [0.2, 0.25) is 0 Å². The summed E-state index contributed by atoms with van der Waals surface area (Å²) in [7, 11) is 0. The summed E-state index contributed by atoms with van der Waals surface area (Å²) < 4.78 is 0. The van der Waals surface area contributed by atoms with Crippen LogP contribution in [0.3, 0.4) is 0 Å². The maximum Gasteiger partial charge on any atom is 0.314 e. The molecule has 0 heterocycles. The number of carboxylic acid groups (broad SMARTS) is 2. The molecule has 6 heteroatoms. The molecule has 0 bridgehead atoms. The van der Waals surface area contributed by atoms with Crippen molar-refractivity contribution in [2.75, 3.05) is 6.54 Å². The van der Waals surface area contributed by atoms with Crippen molar-refractivity contribution in [1.29, 1.82) is 0 Å². The van der Waals surface area contributed by atoms with Gasteiger partial charge in [-0.25, -0.2) is 0 Å². The predicted octanol–water partition coefficient (Wildman–Crippen LogP) is -1.31. The van der Waals surface area contributed by atoms with E-state index >= 15 is 0 Å². The van der Waals surface area contributed by atoms with Crippen LogP contribution in [-0.4, -0.2) is 34.5 Å². The normalized spacial score (nSPS) is 12.1. The van der Waals surface area contributed by atoms with Crippen LogP contribution < -0.4 is 5.73 Å². The molecule has 0 aliphatic carbocycles. The average Bonchev–Trinajstić information content (AvgIpc) is 1.98. The number of carboxylic acids is 2. The first-order chi connectivity index (χ1) is 5.49. The van der Waals surface area contributed by atoms with Crippen molar-refractivity contribution in [3.8, 4) is 0 Å². The second-order valence-electron chi connectivity index (χ2n) is 2.16. The van der Waals surface area contributed by atoms with Crippen molar-refractivity contribution in [2.24, 2.45) is 11.7 Å². The van der Waals surface area contributed by atoms with Gasteiger partial charge in [-0.1, -0.05) is 0 Å². The molecule has 0 aromatic heterocycles. The van der Waals surface area contributed by atoms with E-state index in [2.05, 4.69) is 0 Å². The van der Waals surface area contributed by atoms with Gasteiger partial charge in [0.1, 0.15) is 5.92 Å². The Bertz CT molecular complexity index is 212. The molecule has 6 nitrogen and oxygen atoms in total. The molecular formula is C6H9NO5. The summed E-state index contributed by atoms with van der Waals surface area (Å²) in [6, 6.07) is 0. The molecule has 0 radical (unpaired) electrons. The van der Waals surface area contributed by atoms with Crippen molar-refractivity contribution in [3.05, 3.63) is 0 Å². The first kappa shape index (κ1) is 10.6. The van der Waals surface area contributed by atoms with Crippen molar-refractivity contribution in [2.45, 2.75) is 6.42 Å². The fourth-order valence-corrected chi connectivity index (χ4v) is 0.656. The van der Waals surface area contributed by atoms with Gasteiger partial charge in [0.05, 0.1) is 13.0 Å². The highest BCUT2D eigenvalue weighted by atomic mass is 16.4. The molecule has 0 saturated carbocycles.